The number of rotatable bonds is 4. The van der Waals surface area contributed by atoms with Crippen LogP contribution in [0.25, 0.3) is 0 Å². The molecule has 0 amide bonds. The number of benzene rings is 1. The van der Waals surface area contributed by atoms with Crippen molar-refractivity contribution in [3.05, 3.63) is 28.8 Å². The lowest BCUT2D eigenvalue weighted by Gasteiger charge is -2.17. The van der Waals surface area contributed by atoms with E-state index in [4.69, 9.17) is 4.74 Å². The van der Waals surface area contributed by atoms with Gasteiger partial charge >= 0.3 is 0 Å². The third-order valence-corrected chi connectivity index (χ3v) is 3.56. The van der Waals surface area contributed by atoms with Gasteiger partial charge in [0.15, 0.2) is 0 Å². The minimum absolute atomic E-state index is 0.146. The molecular formula is C14H20O2. The van der Waals surface area contributed by atoms with Crippen LogP contribution in [-0.4, -0.2) is 18.8 Å². The molecule has 2 heteroatoms. The standard InChI is InChI=1S/C14H20O2/c1-10-6-11(2)13(16-3)12(7-10)8-14(9-15)4-5-14/h6-7,15H,4-5,8-9H2,1-3H3. The third kappa shape index (κ3) is 2.07. The van der Waals surface area contributed by atoms with Crippen molar-refractivity contribution in [2.24, 2.45) is 5.41 Å². The van der Waals surface area contributed by atoms with Gasteiger partial charge in [-0.15, -0.1) is 0 Å². The van der Waals surface area contributed by atoms with Gasteiger partial charge in [-0.1, -0.05) is 17.7 Å². The fraction of sp³-hybridized carbons (Fsp3) is 0.571. The van der Waals surface area contributed by atoms with Gasteiger partial charge in [-0.05, 0) is 49.7 Å². The van der Waals surface area contributed by atoms with Gasteiger partial charge in [0.25, 0.3) is 0 Å². The van der Waals surface area contributed by atoms with Gasteiger partial charge in [-0.2, -0.15) is 0 Å². The van der Waals surface area contributed by atoms with Crippen LogP contribution in [0.4, 0.5) is 0 Å². The molecule has 1 aromatic carbocycles. The Bertz CT molecular complexity index is 392. The maximum absolute atomic E-state index is 9.38. The lowest BCUT2D eigenvalue weighted by atomic mass is 9.94. The minimum atomic E-state index is 0.146. The fourth-order valence-corrected chi connectivity index (χ4v) is 2.44. The van der Waals surface area contributed by atoms with E-state index in [0.717, 1.165) is 25.0 Å². The molecule has 0 spiro atoms. The van der Waals surface area contributed by atoms with Gasteiger partial charge in [0.05, 0.1) is 7.11 Å². The van der Waals surface area contributed by atoms with E-state index in [2.05, 4.69) is 26.0 Å². The summed E-state index contributed by atoms with van der Waals surface area (Å²) >= 11 is 0. The van der Waals surface area contributed by atoms with Crippen LogP contribution < -0.4 is 4.74 Å². The molecule has 2 rings (SSSR count). The molecule has 88 valence electrons. The SMILES string of the molecule is COc1c(C)cc(C)cc1CC1(CO)CC1. The number of aliphatic hydroxyl groups excluding tert-OH is 1. The first kappa shape index (κ1) is 11.5. The molecule has 1 aromatic rings. The van der Waals surface area contributed by atoms with Crippen molar-refractivity contribution in [2.45, 2.75) is 33.1 Å². The number of aliphatic hydroxyl groups is 1. The third-order valence-electron chi connectivity index (χ3n) is 3.56. The molecule has 0 heterocycles. The zero-order valence-electron chi connectivity index (χ0n) is 10.3. The summed E-state index contributed by atoms with van der Waals surface area (Å²) < 4.78 is 5.47. The number of hydrogen-bond acceptors (Lipinski definition) is 2. The largest absolute Gasteiger partial charge is 0.496 e. The number of ether oxygens (including phenoxy) is 1. The highest BCUT2D eigenvalue weighted by molar-refractivity contribution is 5.44. The molecule has 1 fully saturated rings. The molecule has 0 atom stereocenters. The second-order valence-electron chi connectivity index (χ2n) is 5.11. The van der Waals surface area contributed by atoms with Crippen molar-refractivity contribution in [2.75, 3.05) is 13.7 Å². The quantitative estimate of drug-likeness (QED) is 0.845. The van der Waals surface area contributed by atoms with Gasteiger partial charge in [0.2, 0.25) is 0 Å². The van der Waals surface area contributed by atoms with Crippen LogP contribution in [0, 0.1) is 19.3 Å². The van der Waals surface area contributed by atoms with Crippen molar-refractivity contribution in [3.8, 4) is 5.75 Å². The second-order valence-corrected chi connectivity index (χ2v) is 5.11. The van der Waals surface area contributed by atoms with Crippen LogP contribution in [0.3, 0.4) is 0 Å². The summed E-state index contributed by atoms with van der Waals surface area (Å²) in [5.74, 6) is 0.991. The van der Waals surface area contributed by atoms with Crippen molar-refractivity contribution in [3.63, 3.8) is 0 Å². The summed E-state index contributed by atoms with van der Waals surface area (Å²) in [7, 11) is 1.72. The molecule has 0 bridgehead atoms. The molecule has 1 aliphatic rings. The van der Waals surface area contributed by atoms with Crippen LogP contribution in [0.5, 0.6) is 5.75 Å². The van der Waals surface area contributed by atoms with Gasteiger partial charge in [-0.3, -0.25) is 0 Å². The van der Waals surface area contributed by atoms with Gasteiger partial charge < -0.3 is 9.84 Å². The predicted molar refractivity (Wildman–Crippen MR) is 64.9 cm³/mol. The molecule has 1 aliphatic carbocycles. The van der Waals surface area contributed by atoms with E-state index in [1.54, 1.807) is 7.11 Å². The van der Waals surface area contributed by atoms with E-state index in [1.165, 1.54) is 16.7 Å². The maximum atomic E-state index is 9.38. The number of methoxy groups -OCH3 is 1. The summed E-state index contributed by atoms with van der Waals surface area (Å²) in [5.41, 5.74) is 3.84. The maximum Gasteiger partial charge on any atom is 0.124 e. The molecule has 0 saturated heterocycles. The Morgan fingerprint density at radius 1 is 1.31 bits per heavy atom. The molecule has 0 radical (unpaired) electrons. The lowest BCUT2D eigenvalue weighted by Crippen LogP contribution is -2.11. The van der Waals surface area contributed by atoms with E-state index >= 15 is 0 Å². The highest BCUT2D eigenvalue weighted by Gasteiger charge is 2.42. The Labute approximate surface area is 97.3 Å². The average molecular weight is 220 g/mol. The van der Waals surface area contributed by atoms with Crippen LogP contribution in [0.2, 0.25) is 0 Å². The highest BCUT2D eigenvalue weighted by Crippen LogP contribution is 2.49. The monoisotopic (exact) mass is 220 g/mol. The molecule has 2 nitrogen and oxygen atoms in total. The molecule has 1 saturated carbocycles. The second kappa shape index (κ2) is 4.10. The average Bonchev–Trinajstić information content (AvgIpc) is 2.98. The smallest absolute Gasteiger partial charge is 0.124 e. The van der Waals surface area contributed by atoms with Crippen LogP contribution in [-0.2, 0) is 6.42 Å². The Morgan fingerprint density at radius 2 is 2.00 bits per heavy atom. The predicted octanol–water partition coefficient (Wildman–Crippen LogP) is 2.63. The van der Waals surface area contributed by atoms with E-state index in [0.29, 0.717) is 6.61 Å². The van der Waals surface area contributed by atoms with Crippen LogP contribution >= 0.6 is 0 Å². The van der Waals surface area contributed by atoms with E-state index in [1.807, 2.05) is 0 Å². The van der Waals surface area contributed by atoms with Crippen molar-refractivity contribution in [1.82, 2.24) is 0 Å². The van der Waals surface area contributed by atoms with Gasteiger partial charge in [0, 0.05) is 6.61 Å². The summed E-state index contributed by atoms with van der Waals surface area (Å²) in [4.78, 5) is 0. The molecule has 1 N–H and O–H groups in total. The molecule has 0 aromatic heterocycles. The molecule has 0 unspecified atom stereocenters. The molecular weight excluding hydrogens is 200 g/mol. The first-order valence-corrected chi connectivity index (χ1v) is 5.85. The van der Waals surface area contributed by atoms with Crippen LogP contribution in [0.15, 0.2) is 12.1 Å². The molecule has 16 heavy (non-hydrogen) atoms. The Hall–Kier alpha value is -1.02. The number of aryl methyl sites for hydroxylation is 2. The minimum Gasteiger partial charge on any atom is -0.496 e. The summed E-state index contributed by atoms with van der Waals surface area (Å²) in [6.45, 7) is 4.48. The van der Waals surface area contributed by atoms with Crippen molar-refractivity contribution in [1.29, 1.82) is 0 Å². The summed E-state index contributed by atoms with van der Waals surface area (Å²) in [5, 5.41) is 9.38. The summed E-state index contributed by atoms with van der Waals surface area (Å²) in [6.07, 6.45) is 3.22. The topological polar surface area (TPSA) is 29.5 Å². The summed E-state index contributed by atoms with van der Waals surface area (Å²) in [6, 6.07) is 4.32. The fourth-order valence-electron chi connectivity index (χ4n) is 2.44. The van der Waals surface area contributed by atoms with E-state index in [9.17, 15) is 5.11 Å². The van der Waals surface area contributed by atoms with Crippen molar-refractivity contribution < 1.29 is 9.84 Å². The van der Waals surface area contributed by atoms with E-state index < -0.39 is 0 Å². The van der Waals surface area contributed by atoms with Gasteiger partial charge in [-0.25, -0.2) is 0 Å². The molecule has 0 aliphatic heterocycles. The zero-order chi connectivity index (χ0) is 11.8. The zero-order valence-corrected chi connectivity index (χ0v) is 10.3. The number of hydrogen-bond donors (Lipinski definition) is 1. The Morgan fingerprint density at radius 3 is 2.50 bits per heavy atom. The first-order chi connectivity index (χ1) is 7.60. The normalized spacial score (nSPS) is 17.2. The first-order valence-electron chi connectivity index (χ1n) is 5.85. The van der Waals surface area contributed by atoms with Gasteiger partial charge in [0.1, 0.15) is 5.75 Å². The highest BCUT2D eigenvalue weighted by atomic mass is 16.5. The van der Waals surface area contributed by atoms with Crippen LogP contribution in [0.1, 0.15) is 29.5 Å². The Kier molecular flexibility index (Phi) is 2.94. The van der Waals surface area contributed by atoms with Crippen molar-refractivity contribution >= 4 is 0 Å². The van der Waals surface area contributed by atoms with E-state index in [-0.39, 0.29) is 5.41 Å². The lowest BCUT2D eigenvalue weighted by molar-refractivity contribution is 0.210. The Balaban J connectivity index is 2.31.